The van der Waals surface area contributed by atoms with Gasteiger partial charge in [-0.15, -0.1) is 0 Å². The van der Waals surface area contributed by atoms with Crippen molar-refractivity contribution in [2.45, 2.75) is 19.9 Å². The van der Waals surface area contributed by atoms with Crippen LogP contribution in [-0.4, -0.2) is 42.3 Å². The van der Waals surface area contributed by atoms with Gasteiger partial charge < -0.3 is 20.7 Å². The molecule has 180 valence electrons. The van der Waals surface area contributed by atoms with Crippen LogP contribution in [0.5, 0.6) is 0 Å². The highest BCUT2D eigenvalue weighted by Gasteiger charge is 2.24. The number of ether oxygens (including phenoxy) is 1. The molecule has 3 rings (SSSR count). The number of nitrogen functional groups attached to an aromatic ring is 1. The number of rotatable bonds is 10. The number of H-pyrrole nitrogens is 1. The van der Waals surface area contributed by atoms with E-state index in [-0.39, 0.29) is 31.1 Å². The third-order valence-electron chi connectivity index (χ3n) is 5.33. The monoisotopic (exact) mass is 485 g/mol. The second-order valence-electron chi connectivity index (χ2n) is 7.77. The van der Waals surface area contributed by atoms with Crippen LogP contribution in [0.2, 0.25) is 5.02 Å². The van der Waals surface area contributed by atoms with Gasteiger partial charge in [0, 0.05) is 31.0 Å². The number of aromatic nitrogens is 2. The predicted octanol–water partition coefficient (Wildman–Crippen LogP) is 2.61. The number of hydrogen-bond donors (Lipinski definition) is 3. The number of methoxy groups -OCH3 is 1. The van der Waals surface area contributed by atoms with Crippen LogP contribution < -0.4 is 27.2 Å². The zero-order valence-corrected chi connectivity index (χ0v) is 19.9. The Morgan fingerprint density at radius 2 is 1.94 bits per heavy atom. The lowest BCUT2D eigenvalue weighted by atomic mass is 10.2. The van der Waals surface area contributed by atoms with Crippen LogP contribution in [-0.2, 0) is 16.1 Å². The summed E-state index contributed by atoms with van der Waals surface area (Å²) < 4.78 is 6.35. The van der Waals surface area contributed by atoms with Crippen molar-refractivity contribution in [2.75, 3.05) is 42.8 Å². The molecular formula is C24H28ClN5O4. The average Bonchev–Trinajstić information content (AvgIpc) is 2.81. The van der Waals surface area contributed by atoms with Crippen molar-refractivity contribution < 1.29 is 9.53 Å². The Balaban J connectivity index is 1.94. The number of aryl methyl sites for hydroxylation is 1. The minimum atomic E-state index is -0.725. The molecule has 0 spiro atoms. The molecule has 4 N–H and O–H groups in total. The van der Waals surface area contributed by atoms with Crippen LogP contribution in [0, 0.1) is 6.92 Å². The van der Waals surface area contributed by atoms with Gasteiger partial charge in [-0.3, -0.25) is 19.1 Å². The first kappa shape index (κ1) is 25.1. The molecule has 1 heterocycles. The molecule has 0 atom stereocenters. The Morgan fingerprint density at radius 1 is 1.21 bits per heavy atom. The highest BCUT2D eigenvalue weighted by atomic mass is 35.5. The Bertz CT molecular complexity index is 1260. The molecule has 0 bridgehead atoms. The third-order valence-corrected chi connectivity index (χ3v) is 5.56. The average molecular weight is 486 g/mol. The molecule has 2 aromatic carbocycles. The van der Waals surface area contributed by atoms with Crippen molar-refractivity contribution in [3.05, 3.63) is 85.5 Å². The van der Waals surface area contributed by atoms with Gasteiger partial charge in [0.25, 0.3) is 5.56 Å². The Kier molecular flexibility index (Phi) is 8.50. The summed E-state index contributed by atoms with van der Waals surface area (Å²) in [5, 5.41) is 3.60. The van der Waals surface area contributed by atoms with Gasteiger partial charge in [-0.1, -0.05) is 48.0 Å². The van der Waals surface area contributed by atoms with E-state index in [9.17, 15) is 14.4 Å². The van der Waals surface area contributed by atoms with Crippen molar-refractivity contribution >= 4 is 34.7 Å². The number of nitrogens with zero attached hydrogens (tertiary/aromatic N) is 2. The summed E-state index contributed by atoms with van der Waals surface area (Å²) in [5.74, 6) is -0.472. The number of benzene rings is 2. The molecule has 3 aromatic rings. The minimum Gasteiger partial charge on any atom is -0.385 e. The second kappa shape index (κ2) is 11.5. The SMILES string of the molecule is COCCCN(C(=O)CNc1cc(Cl)ccc1C)c1c(N)n(Cc2ccccc2)c(=O)[nH]c1=O. The number of anilines is 3. The Labute approximate surface area is 202 Å². The molecule has 0 fully saturated rings. The fourth-order valence-electron chi connectivity index (χ4n) is 3.54. The summed E-state index contributed by atoms with van der Waals surface area (Å²) in [7, 11) is 1.55. The number of carbonyl (C=O) groups excluding carboxylic acids is 1. The van der Waals surface area contributed by atoms with Crippen molar-refractivity contribution in [3.8, 4) is 0 Å². The van der Waals surface area contributed by atoms with Gasteiger partial charge in [-0.2, -0.15) is 0 Å². The molecule has 10 heteroatoms. The summed E-state index contributed by atoms with van der Waals surface area (Å²) in [6.07, 6.45) is 0.467. The summed E-state index contributed by atoms with van der Waals surface area (Å²) in [6, 6.07) is 14.6. The number of halogens is 1. The molecule has 0 aliphatic heterocycles. The maximum absolute atomic E-state index is 13.3. The van der Waals surface area contributed by atoms with Gasteiger partial charge in [-0.25, -0.2) is 4.79 Å². The number of amides is 1. The van der Waals surface area contributed by atoms with E-state index in [0.717, 1.165) is 11.1 Å². The zero-order valence-electron chi connectivity index (χ0n) is 19.1. The van der Waals surface area contributed by atoms with Gasteiger partial charge in [0.2, 0.25) is 5.91 Å². The molecule has 9 nitrogen and oxygen atoms in total. The van der Waals surface area contributed by atoms with Gasteiger partial charge >= 0.3 is 5.69 Å². The number of aromatic amines is 1. The van der Waals surface area contributed by atoms with Crippen LogP contribution in [0.1, 0.15) is 17.5 Å². The Hall–Kier alpha value is -3.56. The topological polar surface area (TPSA) is 122 Å². The van der Waals surface area contributed by atoms with Crippen LogP contribution in [0.15, 0.2) is 58.1 Å². The van der Waals surface area contributed by atoms with E-state index in [0.29, 0.717) is 23.7 Å². The zero-order chi connectivity index (χ0) is 24.7. The first-order chi connectivity index (χ1) is 16.3. The molecule has 0 saturated carbocycles. The lowest BCUT2D eigenvalue weighted by Crippen LogP contribution is -2.44. The maximum atomic E-state index is 13.3. The molecule has 0 radical (unpaired) electrons. The van der Waals surface area contributed by atoms with Gasteiger partial charge in [-0.05, 0) is 36.6 Å². The number of nitrogens with one attached hydrogen (secondary N) is 2. The van der Waals surface area contributed by atoms with E-state index in [1.807, 2.05) is 43.3 Å². The summed E-state index contributed by atoms with van der Waals surface area (Å²) in [5.41, 5.74) is 7.31. The van der Waals surface area contributed by atoms with Gasteiger partial charge in [0.1, 0.15) is 5.82 Å². The van der Waals surface area contributed by atoms with E-state index < -0.39 is 17.2 Å². The van der Waals surface area contributed by atoms with Crippen molar-refractivity contribution in [1.29, 1.82) is 0 Å². The summed E-state index contributed by atoms with van der Waals surface area (Å²) in [6.45, 7) is 2.49. The summed E-state index contributed by atoms with van der Waals surface area (Å²) >= 11 is 6.07. The Morgan fingerprint density at radius 3 is 2.65 bits per heavy atom. The molecular weight excluding hydrogens is 458 g/mol. The minimum absolute atomic E-state index is 0.0683. The van der Waals surface area contributed by atoms with E-state index in [1.165, 1.54) is 9.47 Å². The number of hydrogen-bond acceptors (Lipinski definition) is 6. The van der Waals surface area contributed by atoms with E-state index in [4.69, 9.17) is 22.1 Å². The fourth-order valence-corrected chi connectivity index (χ4v) is 3.71. The highest BCUT2D eigenvalue weighted by Crippen LogP contribution is 2.21. The second-order valence-corrected chi connectivity index (χ2v) is 8.21. The van der Waals surface area contributed by atoms with Crippen LogP contribution in [0.4, 0.5) is 17.2 Å². The normalized spacial score (nSPS) is 10.8. The third kappa shape index (κ3) is 6.06. The maximum Gasteiger partial charge on any atom is 0.330 e. The van der Waals surface area contributed by atoms with Crippen molar-refractivity contribution in [3.63, 3.8) is 0 Å². The molecule has 0 aliphatic rings. The molecule has 0 saturated heterocycles. The molecule has 0 unspecified atom stereocenters. The van der Waals surface area contributed by atoms with Crippen molar-refractivity contribution in [1.82, 2.24) is 9.55 Å². The van der Waals surface area contributed by atoms with Crippen LogP contribution in [0.25, 0.3) is 0 Å². The fraction of sp³-hybridized carbons (Fsp3) is 0.292. The molecule has 1 aromatic heterocycles. The van der Waals surface area contributed by atoms with Gasteiger partial charge in [0.15, 0.2) is 5.69 Å². The summed E-state index contributed by atoms with van der Waals surface area (Å²) in [4.78, 5) is 42.2. The van der Waals surface area contributed by atoms with E-state index in [2.05, 4.69) is 10.3 Å². The first-order valence-corrected chi connectivity index (χ1v) is 11.2. The van der Waals surface area contributed by atoms with E-state index >= 15 is 0 Å². The number of carbonyl (C=O) groups is 1. The first-order valence-electron chi connectivity index (χ1n) is 10.8. The number of nitrogens with two attached hydrogens (primary N) is 1. The highest BCUT2D eigenvalue weighted by molar-refractivity contribution is 6.30. The predicted molar refractivity (Wildman–Crippen MR) is 135 cm³/mol. The van der Waals surface area contributed by atoms with E-state index in [1.54, 1.807) is 19.2 Å². The lowest BCUT2D eigenvalue weighted by molar-refractivity contribution is -0.117. The van der Waals surface area contributed by atoms with Crippen LogP contribution in [0.3, 0.4) is 0 Å². The standard InChI is InChI=1S/C24H28ClN5O4/c1-16-9-10-18(25)13-19(16)27-14-20(31)29(11-6-12-34-2)21-22(26)30(24(33)28-23(21)32)15-17-7-4-3-5-8-17/h3-5,7-10,13,27H,6,11-12,14-15,26H2,1-2H3,(H,28,32,33). The smallest absolute Gasteiger partial charge is 0.330 e. The van der Waals surface area contributed by atoms with Gasteiger partial charge in [0.05, 0.1) is 13.1 Å². The molecule has 34 heavy (non-hydrogen) atoms. The molecule has 0 aliphatic carbocycles. The largest absolute Gasteiger partial charge is 0.385 e. The molecule has 1 amide bonds. The quantitative estimate of drug-likeness (QED) is 0.379. The van der Waals surface area contributed by atoms with Crippen LogP contribution >= 0.6 is 11.6 Å². The van der Waals surface area contributed by atoms with Crippen molar-refractivity contribution in [2.24, 2.45) is 0 Å². The lowest BCUT2D eigenvalue weighted by Gasteiger charge is -2.25.